The van der Waals surface area contributed by atoms with Crippen molar-refractivity contribution < 1.29 is 9.13 Å². The fraction of sp³-hybridized carbons (Fsp3) is 0.538. The molecule has 0 saturated carbocycles. The minimum atomic E-state index is -0.269. The summed E-state index contributed by atoms with van der Waals surface area (Å²) in [5.74, 6) is 0.556. The zero-order chi connectivity index (χ0) is 12.2. The third-order valence-electron chi connectivity index (χ3n) is 3.06. The maximum absolute atomic E-state index is 13.9. The first-order valence-electron chi connectivity index (χ1n) is 5.43. The van der Waals surface area contributed by atoms with E-state index in [0.717, 1.165) is 6.42 Å². The summed E-state index contributed by atoms with van der Waals surface area (Å²) in [4.78, 5) is 0. The van der Waals surface area contributed by atoms with Crippen molar-refractivity contribution in [1.82, 2.24) is 0 Å². The van der Waals surface area contributed by atoms with Crippen LogP contribution in [-0.4, -0.2) is 13.0 Å². The molecule has 0 radical (unpaired) electrons. The number of benzene rings is 1. The van der Waals surface area contributed by atoms with E-state index in [0.29, 0.717) is 23.6 Å². The van der Waals surface area contributed by atoms with Gasteiger partial charge in [-0.05, 0) is 29.9 Å². The van der Waals surface area contributed by atoms with Crippen LogP contribution in [0.3, 0.4) is 0 Å². The lowest BCUT2D eigenvalue weighted by molar-refractivity contribution is 0.342. The number of rotatable bonds is 5. The number of methoxy groups -OCH3 is 1. The maximum Gasteiger partial charge on any atom is 0.168 e. The van der Waals surface area contributed by atoms with Crippen LogP contribution >= 0.6 is 11.6 Å². The summed E-state index contributed by atoms with van der Waals surface area (Å²) < 4.78 is 18.9. The average molecular weight is 245 g/mol. The summed E-state index contributed by atoms with van der Waals surface area (Å²) in [5.41, 5.74) is 0.610. The fourth-order valence-corrected chi connectivity index (χ4v) is 1.86. The molecule has 0 aliphatic rings. The molecule has 0 spiro atoms. The van der Waals surface area contributed by atoms with E-state index >= 15 is 0 Å². The minimum Gasteiger partial charge on any atom is -0.494 e. The van der Waals surface area contributed by atoms with Crippen molar-refractivity contribution >= 4 is 11.6 Å². The zero-order valence-electron chi connectivity index (χ0n) is 10.0. The highest BCUT2D eigenvalue weighted by Gasteiger charge is 2.23. The van der Waals surface area contributed by atoms with E-state index in [1.807, 2.05) is 6.07 Å². The molecule has 0 saturated heterocycles. The molecule has 1 rings (SSSR count). The molecule has 90 valence electrons. The summed E-state index contributed by atoms with van der Waals surface area (Å²) in [6.45, 7) is 4.14. The van der Waals surface area contributed by atoms with Crippen molar-refractivity contribution in [3.8, 4) is 5.75 Å². The van der Waals surface area contributed by atoms with Crippen molar-refractivity contribution in [2.24, 2.45) is 5.41 Å². The van der Waals surface area contributed by atoms with Crippen molar-refractivity contribution in [2.45, 2.75) is 26.7 Å². The molecule has 0 aliphatic carbocycles. The summed E-state index contributed by atoms with van der Waals surface area (Å²) in [7, 11) is 1.47. The third-order valence-corrected chi connectivity index (χ3v) is 3.70. The molecule has 1 atom stereocenters. The molecule has 0 aromatic heterocycles. The minimum absolute atomic E-state index is 0.0608. The van der Waals surface area contributed by atoms with E-state index < -0.39 is 0 Å². The quantitative estimate of drug-likeness (QED) is 0.711. The first-order chi connectivity index (χ1) is 7.56. The van der Waals surface area contributed by atoms with Gasteiger partial charge >= 0.3 is 0 Å². The Kier molecular flexibility index (Phi) is 4.60. The molecule has 0 amide bonds. The molecular weight excluding hydrogens is 227 g/mol. The number of alkyl halides is 1. The van der Waals surface area contributed by atoms with E-state index in [4.69, 9.17) is 16.3 Å². The maximum atomic E-state index is 13.9. The van der Waals surface area contributed by atoms with Gasteiger partial charge in [0.15, 0.2) is 11.6 Å². The van der Waals surface area contributed by atoms with Gasteiger partial charge in [0, 0.05) is 5.88 Å². The van der Waals surface area contributed by atoms with Gasteiger partial charge in [-0.15, -0.1) is 11.6 Å². The van der Waals surface area contributed by atoms with E-state index in [9.17, 15) is 4.39 Å². The van der Waals surface area contributed by atoms with Crippen LogP contribution in [0.5, 0.6) is 5.75 Å². The number of ether oxygens (including phenoxy) is 1. The van der Waals surface area contributed by atoms with Crippen molar-refractivity contribution in [3.63, 3.8) is 0 Å². The molecule has 3 heteroatoms. The highest BCUT2D eigenvalue weighted by atomic mass is 35.5. The van der Waals surface area contributed by atoms with Crippen LogP contribution in [0.2, 0.25) is 0 Å². The van der Waals surface area contributed by atoms with Gasteiger partial charge in [0.05, 0.1) is 7.11 Å². The van der Waals surface area contributed by atoms with Crippen LogP contribution < -0.4 is 4.74 Å². The fourth-order valence-electron chi connectivity index (χ4n) is 1.58. The lowest BCUT2D eigenvalue weighted by Crippen LogP contribution is -2.21. The Labute approximate surface area is 102 Å². The molecule has 0 fully saturated rings. The van der Waals surface area contributed by atoms with Gasteiger partial charge < -0.3 is 4.74 Å². The SMILES string of the molecule is CCC(C)(CCl)Cc1cccc(OC)c1F. The number of halogens is 2. The second kappa shape index (κ2) is 5.53. The van der Waals surface area contributed by atoms with Gasteiger partial charge in [0.1, 0.15) is 0 Å². The average Bonchev–Trinajstić information content (AvgIpc) is 2.32. The molecule has 1 nitrogen and oxygen atoms in total. The lowest BCUT2D eigenvalue weighted by atomic mass is 9.83. The zero-order valence-corrected chi connectivity index (χ0v) is 10.8. The summed E-state index contributed by atoms with van der Waals surface area (Å²) in [6, 6.07) is 5.22. The summed E-state index contributed by atoms with van der Waals surface area (Å²) in [6.07, 6.45) is 1.56. The Morgan fingerprint density at radius 1 is 1.44 bits per heavy atom. The molecule has 0 N–H and O–H groups in total. The van der Waals surface area contributed by atoms with Crippen molar-refractivity contribution in [3.05, 3.63) is 29.6 Å². The molecule has 0 aliphatic heterocycles. The summed E-state index contributed by atoms with van der Waals surface area (Å²) in [5, 5.41) is 0. The number of hydrogen-bond donors (Lipinski definition) is 0. The van der Waals surface area contributed by atoms with Gasteiger partial charge in [-0.2, -0.15) is 0 Å². The Hall–Kier alpha value is -0.760. The Bertz CT molecular complexity index is 348. The van der Waals surface area contributed by atoms with Crippen LogP contribution in [0.1, 0.15) is 25.8 Å². The highest BCUT2D eigenvalue weighted by molar-refractivity contribution is 6.18. The van der Waals surface area contributed by atoms with E-state index in [-0.39, 0.29) is 11.2 Å². The smallest absolute Gasteiger partial charge is 0.168 e. The lowest BCUT2D eigenvalue weighted by Gasteiger charge is -2.25. The molecule has 1 aromatic carbocycles. The largest absolute Gasteiger partial charge is 0.494 e. The van der Waals surface area contributed by atoms with Gasteiger partial charge in [0.2, 0.25) is 0 Å². The van der Waals surface area contributed by atoms with Crippen LogP contribution in [-0.2, 0) is 6.42 Å². The molecule has 1 unspecified atom stereocenters. The van der Waals surface area contributed by atoms with Crippen LogP contribution in [0.25, 0.3) is 0 Å². The molecule has 16 heavy (non-hydrogen) atoms. The van der Waals surface area contributed by atoms with Gasteiger partial charge in [-0.1, -0.05) is 26.0 Å². The van der Waals surface area contributed by atoms with Crippen LogP contribution in [0, 0.1) is 11.2 Å². The first-order valence-corrected chi connectivity index (χ1v) is 5.97. The monoisotopic (exact) mass is 244 g/mol. The normalized spacial score (nSPS) is 14.6. The Morgan fingerprint density at radius 3 is 2.62 bits per heavy atom. The van der Waals surface area contributed by atoms with Gasteiger partial charge in [-0.25, -0.2) is 4.39 Å². The van der Waals surface area contributed by atoms with Gasteiger partial charge in [-0.3, -0.25) is 0 Å². The van der Waals surface area contributed by atoms with Crippen LogP contribution in [0.4, 0.5) is 4.39 Å². The highest BCUT2D eigenvalue weighted by Crippen LogP contribution is 2.31. The van der Waals surface area contributed by atoms with Crippen molar-refractivity contribution in [2.75, 3.05) is 13.0 Å². The molecule has 1 aromatic rings. The second-order valence-electron chi connectivity index (χ2n) is 4.41. The predicted molar refractivity (Wildman–Crippen MR) is 65.8 cm³/mol. The van der Waals surface area contributed by atoms with E-state index in [1.54, 1.807) is 12.1 Å². The third kappa shape index (κ3) is 2.88. The summed E-state index contributed by atoms with van der Waals surface area (Å²) >= 11 is 5.93. The Balaban J connectivity index is 2.97. The second-order valence-corrected chi connectivity index (χ2v) is 4.68. The Morgan fingerprint density at radius 2 is 2.12 bits per heavy atom. The molecule has 0 heterocycles. The standard InChI is InChI=1S/C13H18ClFO/c1-4-13(2,9-14)8-10-6-5-7-11(16-3)12(10)15/h5-7H,4,8-9H2,1-3H3. The van der Waals surface area contributed by atoms with E-state index in [1.165, 1.54) is 7.11 Å². The molecule has 0 bridgehead atoms. The molecular formula is C13H18ClFO. The van der Waals surface area contributed by atoms with Crippen molar-refractivity contribution in [1.29, 1.82) is 0 Å². The van der Waals surface area contributed by atoms with E-state index in [2.05, 4.69) is 13.8 Å². The van der Waals surface area contributed by atoms with Crippen LogP contribution in [0.15, 0.2) is 18.2 Å². The first kappa shape index (κ1) is 13.3. The predicted octanol–water partition coefficient (Wildman–Crippen LogP) is 4.03. The van der Waals surface area contributed by atoms with Gasteiger partial charge in [0.25, 0.3) is 0 Å². The number of hydrogen-bond acceptors (Lipinski definition) is 1. The topological polar surface area (TPSA) is 9.23 Å².